The summed E-state index contributed by atoms with van der Waals surface area (Å²) in [4.78, 5) is 13.7. The Morgan fingerprint density at radius 1 is 1.08 bits per heavy atom. The highest BCUT2D eigenvalue weighted by Gasteiger charge is 2.23. The SMILES string of the molecule is CCc1ccc([C@H](C)NS(=O)(=O)c2ccc(N3CCCC3=O)cc2)cc1. The minimum absolute atomic E-state index is 0.0860. The Balaban J connectivity index is 1.73. The molecule has 0 unspecified atom stereocenters. The van der Waals surface area contributed by atoms with E-state index in [0.29, 0.717) is 13.0 Å². The third-order valence-electron chi connectivity index (χ3n) is 4.75. The van der Waals surface area contributed by atoms with E-state index in [-0.39, 0.29) is 16.8 Å². The van der Waals surface area contributed by atoms with Crippen LogP contribution in [0.2, 0.25) is 0 Å². The van der Waals surface area contributed by atoms with E-state index in [0.717, 1.165) is 24.1 Å². The summed E-state index contributed by atoms with van der Waals surface area (Å²) in [6.07, 6.45) is 2.34. The molecule has 1 aliphatic rings. The van der Waals surface area contributed by atoms with Crippen LogP contribution in [0.15, 0.2) is 53.4 Å². The Labute approximate surface area is 155 Å². The molecular weight excluding hydrogens is 348 g/mol. The smallest absolute Gasteiger partial charge is 0.241 e. The number of hydrogen-bond donors (Lipinski definition) is 1. The second-order valence-electron chi connectivity index (χ2n) is 6.58. The van der Waals surface area contributed by atoms with Crippen molar-refractivity contribution in [3.8, 4) is 0 Å². The normalized spacial score (nSPS) is 16.1. The van der Waals surface area contributed by atoms with Gasteiger partial charge in [0.15, 0.2) is 0 Å². The molecule has 1 fully saturated rings. The van der Waals surface area contributed by atoms with Crippen LogP contribution in [0.4, 0.5) is 5.69 Å². The predicted molar refractivity (Wildman–Crippen MR) is 103 cm³/mol. The average molecular weight is 372 g/mol. The van der Waals surface area contributed by atoms with E-state index in [4.69, 9.17) is 0 Å². The number of hydrogen-bond acceptors (Lipinski definition) is 3. The number of nitrogens with zero attached hydrogens (tertiary/aromatic N) is 1. The van der Waals surface area contributed by atoms with Crippen molar-refractivity contribution in [2.75, 3.05) is 11.4 Å². The predicted octanol–water partition coefficient (Wildman–Crippen LogP) is 3.42. The number of nitrogens with one attached hydrogen (secondary N) is 1. The van der Waals surface area contributed by atoms with Crippen LogP contribution in [0.3, 0.4) is 0 Å². The lowest BCUT2D eigenvalue weighted by Gasteiger charge is -2.17. The molecule has 138 valence electrons. The lowest BCUT2D eigenvalue weighted by molar-refractivity contribution is -0.117. The van der Waals surface area contributed by atoms with Gasteiger partial charge in [-0.15, -0.1) is 0 Å². The number of carbonyl (C=O) groups is 1. The van der Waals surface area contributed by atoms with Gasteiger partial charge in [-0.05, 0) is 55.2 Å². The first-order chi connectivity index (χ1) is 12.4. The molecule has 1 saturated heterocycles. The molecule has 1 N–H and O–H groups in total. The van der Waals surface area contributed by atoms with Crippen LogP contribution in [0.25, 0.3) is 0 Å². The molecule has 0 aliphatic carbocycles. The highest BCUT2D eigenvalue weighted by atomic mass is 32.2. The fourth-order valence-corrected chi connectivity index (χ4v) is 4.37. The first-order valence-electron chi connectivity index (χ1n) is 8.92. The van der Waals surface area contributed by atoms with Crippen LogP contribution in [0, 0.1) is 0 Å². The van der Waals surface area contributed by atoms with Gasteiger partial charge in [0.1, 0.15) is 0 Å². The Kier molecular flexibility index (Phi) is 5.44. The highest BCUT2D eigenvalue weighted by molar-refractivity contribution is 7.89. The Morgan fingerprint density at radius 2 is 1.73 bits per heavy atom. The Bertz CT molecular complexity index is 874. The standard InChI is InChI=1S/C20H24N2O3S/c1-3-16-6-8-17(9-7-16)15(2)21-26(24,25)19-12-10-18(11-13-19)22-14-4-5-20(22)23/h6-13,15,21H,3-5,14H2,1-2H3/t15-/m0/s1. The van der Waals surface area contributed by atoms with Gasteiger partial charge in [0.2, 0.25) is 15.9 Å². The Hall–Kier alpha value is -2.18. The number of sulfonamides is 1. The molecule has 1 aliphatic heterocycles. The summed E-state index contributed by atoms with van der Waals surface area (Å²) in [5.41, 5.74) is 2.88. The molecule has 0 radical (unpaired) electrons. The van der Waals surface area contributed by atoms with Crippen molar-refractivity contribution in [3.05, 3.63) is 59.7 Å². The van der Waals surface area contributed by atoms with Gasteiger partial charge in [0.25, 0.3) is 0 Å². The molecular formula is C20H24N2O3S. The van der Waals surface area contributed by atoms with Crippen molar-refractivity contribution in [2.24, 2.45) is 0 Å². The first-order valence-corrected chi connectivity index (χ1v) is 10.4. The molecule has 1 heterocycles. The molecule has 0 bridgehead atoms. The number of benzene rings is 2. The molecule has 6 heteroatoms. The molecule has 3 rings (SSSR count). The van der Waals surface area contributed by atoms with Crippen LogP contribution < -0.4 is 9.62 Å². The number of rotatable bonds is 6. The number of amides is 1. The van der Waals surface area contributed by atoms with E-state index in [1.165, 1.54) is 5.56 Å². The summed E-state index contributed by atoms with van der Waals surface area (Å²) in [6, 6.07) is 14.1. The van der Waals surface area contributed by atoms with Crippen molar-refractivity contribution in [2.45, 2.75) is 44.0 Å². The molecule has 1 atom stereocenters. The molecule has 5 nitrogen and oxygen atoms in total. The maximum atomic E-state index is 12.6. The van der Waals surface area contributed by atoms with E-state index in [1.807, 2.05) is 31.2 Å². The van der Waals surface area contributed by atoms with Gasteiger partial charge in [-0.25, -0.2) is 13.1 Å². The zero-order valence-electron chi connectivity index (χ0n) is 15.1. The van der Waals surface area contributed by atoms with Gasteiger partial charge in [-0.3, -0.25) is 4.79 Å². The second kappa shape index (κ2) is 7.60. The summed E-state index contributed by atoms with van der Waals surface area (Å²) >= 11 is 0. The second-order valence-corrected chi connectivity index (χ2v) is 8.29. The minimum Gasteiger partial charge on any atom is -0.312 e. The molecule has 2 aromatic rings. The van der Waals surface area contributed by atoms with E-state index in [2.05, 4.69) is 11.6 Å². The summed E-state index contributed by atoms with van der Waals surface area (Å²) < 4.78 is 28.0. The third-order valence-corrected chi connectivity index (χ3v) is 6.31. The van der Waals surface area contributed by atoms with E-state index >= 15 is 0 Å². The molecule has 0 saturated carbocycles. The van der Waals surface area contributed by atoms with E-state index in [9.17, 15) is 13.2 Å². The van der Waals surface area contributed by atoms with Crippen molar-refractivity contribution in [1.29, 1.82) is 0 Å². The van der Waals surface area contributed by atoms with Crippen LogP contribution >= 0.6 is 0 Å². The van der Waals surface area contributed by atoms with Crippen LogP contribution in [-0.4, -0.2) is 20.9 Å². The number of carbonyl (C=O) groups excluding carboxylic acids is 1. The molecule has 0 spiro atoms. The summed E-state index contributed by atoms with van der Waals surface area (Å²) in [7, 11) is -3.63. The topological polar surface area (TPSA) is 66.5 Å². The van der Waals surface area contributed by atoms with E-state index < -0.39 is 10.0 Å². The molecule has 0 aromatic heterocycles. The van der Waals surface area contributed by atoms with E-state index in [1.54, 1.807) is 29.2 Å². The van der Waals surface area contributed by atoms with Crippen molar-refractivity contribution >= 4 is 21.6 Å². The van der Waals surface area contributed by atoms with Crippen molar-refractivity contribution in [1.82, 2.24) is 4.72 Å². The zero-order chi connectivity index (χ0) is 18.7. The van der Waals surface area contributed by atoms with Gasteiger partial charge < -0.3 is 4.90 Å². The molecule has 2 aromatic carbocycles. The zero-order valence-corrected chi connectivity index (χ0v) is 15.9. The number of anilines is 1. The van der Waals surface area contributed by atoms with Crippen LogP contribution in [0.1, 0.15) is 43.9 Å². The summed E-state index contributed by atoms with van der Waals surface area (Å²) in [5, 5.41) is 0. The maximum absolute atomic E-state index is 12.6. The van der Waals surface area contributed by atoms with Gasteiger partial charge in [-0.1, -0.05) is 31.2 Å². The average Bonchev–Trinajstić information content (AvgIpc) is 3.07. The van der Waals surface area contributed by atoms with Crippen LogP contribution in [0.5, 0.6) is 0 Å². The van der Waals surface area contributed by atoms with Crippen LogP contribution in [-0.2, 0) is 21.2 Å². The largest absolute Gasteiger partial charge is 0.312 e. The lowest BCUT2D eigenvalue weighted by atomic mass is 10.1. The minimum atomic E-state index is -3.63. The van der Waals surface area contributed by atoms with Crippen molar-refractivity contribution < 1.29 is 13.2 Å². The highest BCUT2D eigenvalue weighted by Crippen LogP contribution is 2.24. The maximum Gasteiger partial charge on any atom is 0.241 e. The monoisotopic (exact) mass is 372 g/mol. The number of aryl methyl sites for hydroxylation is 1. The van der Waals surface area contributed by atoms with Crippen molar-refractivity contribution in [3.63, 3.8) is 0 Å². The lowest BCUT2D eigenvalue weighted by Crippen LogP contribution is -2.27. The summed E-state index contributed by atoms with van der Waals surface area (Å²) in [6.45, 7) is 4.60. The Morgan fingerprint density at radius 3 is 2.27 bits per heavy atom. The molecule has 26 heavy (non-hydrogen) atoms. The molecule has 1 amide bonds. The van der Waals surface area contributed by atoms with Gasteiger partial charge >= 0.3 is 0 Å². The first kappa shape index (κ1) is 18.6. The third kappa shape index (κ3) is 3.97. The quantitative estimate of drug-likeness (QED) is 0.845. The summed E-state index contributed by atoms with van der Waals surface area (Å²) in [5.74, 6) is 0.0860. The fraction of sp³-hybridized carbons (Fsp3) is 0.350. The van der Waals surface area contributed by atoms with Gasteiger partial charge in [0.05, 0.1) is 4.90 Å². The fourth-order valence-electron chi connectivity index (χ4n) is 3.14. The van der Waals surface area contributed by atoms with Gasteiger partial charge in [-0.2, -0.15) is 0 Å². The van der Waals surface area contributed by atoms with Gasteiger partial charge in [0, 0.05) is 24.7 Å².